The van der Waals surface area contributed by atoms with Crippen LogP contribution in [0.3, 0.4) is 0 Å². The summed E-state index contributed by atoms with van der Waals surface area (Å²) in [5, 5.41) is 0. The fourth-order valence-corrected chi connectivity index (χ4v) is 0.340. The van der Waals surface area contributed by atoms with E-state index in [1.807, 2.05) is 12.2 Å². The largest absolute Gasteiger partial charge is 0.518 e. The minimum absolute atomic E-state index is 0. The molecule has 0 bridgehead atoms. The van der Waals surface area contributed by atoms with Crippen molar-refractivity contribution in [3.63, 3.8) is 0 Å². The van der Waals surface area contributed by atoms with E-state index in [1.54, 1.807) is 6.92 Å². The van der Waals surface area contributed by atoms with Crippen molar-refractivity contribution in [2.45, 2.75) is 13.3 Å². The van der Waals surface area contributed by atoms with E-state index in [-0.39, 0.29) is 57.2 Å². The molecule has 0 fully saturated rings. The van der Waals surface area contributed by atoms with Gasteiger partial charge >= 0.3 is 0 Å². The maximum absolute atomic E-state index is 4.72. The minimum atomic E-state index is 0. The normalized spacial score (nSPS) is 7.21. The van der Waals surface area contributed by atoms with E-state index in [4.69, 9.17) is 6.58 Å². The van der Waals surface area contributed by atoms with Crippen LogP contribution in [0.25, 0.3) is 0 Å². The van der Waals surface area contributed by atoms with E-state index in [9.17, 15) is 0 Å². The second-order valence-corrected chi connectivity index (χ2v) is 1.34. The summed E-state index contributed by atoms with van der Waals surface area (Å²) >= 11 is 0. The predicted octanol–water partition coefficient (Wildman–Crippen LogP) is 4.55. The van der Waals surface area contributed by atoms with Crippen molar-refractivity contribution in [2.24, 2.45) is 0 Å². The Kier molecular flexibility index (Phi) is 183. The molecule has 0 aromatic rings. The summed E-state index contributed by atoms with van der Waals surface area (Å²) in [6.45, 7) is 6.50. The van der Waals surface area contributed by atoms with Gasteiger partial charge in [0, 0.05) is 20.1 Å². The summed E-state index contributed by atoms with van der Waals surface area (Å²) in [5.74, 6) is 0. The van der Waals surface area contributed by atoms with Crippen LogP contribution in [0, 0.1) is 49.8 Å². The summed E-state index contributed by atoms with van der Waals surface area (Å²) in [5.41, 5.74) is 0. The van der Waals surface area contributed by atoms with E-state index in [2.05, 4.69) is 12.2 Å². The van der Waals surface area contributed by atoms with Crippen molar-refractivity contribution >= 4 is 0 Å². The molecule has 0 aromatic carbocycles. The molecule has 0 amide bonds. The molecule has 14 heavy (non-hydrogen) atoms. The van der Waals surface area contributed by atoms with Crippen LogP contribution in [-0.2, 0) is 20.1 Å². The fraction of sp³-hybridized carbons (Fsp3) is 0.154. The van der Waals surface area contributed by atoms with Gasteiger partial charge in [-0.1, -0.05) is 6.92 Å². The SMILES string of the molecule is [C-]1=CC=CC1.[CH-]=CC.[CH3-].[CH3-].[CH3-].[CH3-].[CH3-].[Ir]. The third-order valence-electron chi connectivity index (χ3n) is 0.586. The van der Waals surface area contributed by atoms with Gasteiger partial charge < -0.3 is 43.7 Å². The molecule has 0 saturated heterocycles. The van der Waals surface area contributed by atoms with Crippen LogP contribution in [0.2, 0.25) is 0 Å². The number of allylic oxidation sites excluding steroid dienone is 5. The minimum Gasteiger partial charge on any atom is -0.518 e. The molecular weight excluding hydrogens is 348 g/mol. The Morgan fingerprint density at radius 1 is 1.14 bits per heavy atom. The Morgan fingerprint density at radius 2 is 1.50 bits per heavy atom. The molecule has 1 aliphatic carbocycles. The molecule has 1 rings (SSSR count). The van der Waals surface area contributed by atoms with Crippen molar-refractivity contribution in [3.05, 3.63) is 74.1 Å². The summed E-state index contributed by atoms with van der Waals surface area (Å²) in [4.78, 5) is 0. The average Bonchev–Trinajstić information content (AvgIpc) is 2.17. The first-order valence-corrected chi connectivity index (χ1v) is 2.63. The van der Waals surface area contributed by atoms with E-state index < -0.39 is 0 Å². The maximum atomic E-state index is 4.72. The van der Waals surface area contributed by atoms with Crippen LogP contribution in [0.15, 0.2) is 24.3 Å². The third kappa shape index (κ3) is 59.1. The number of hydrogen-bond acceptors (Lipinski definition) is 0. The first kappa shape index (κ1) is 48.7. The van der Waals surface area contributed by atoms with Gasteiger partial charge in [0.15, 0.2) is 0 Å². The smallest absolute Gasteiger partial charge is 0 e. The summed E-state index contributed by atoms with van der Waals surface area (Å²) in [6.07, 6.45) is 11.5. The Hall–Kier alpha value is -0.131. The van der Waals surface area contributed by atoms with Crippen LogP contribution in [0.1, 0.15) is 13.3 Å². The molecule has 0 N–H and O–H groups in total. The van der Waals surface area contributed by atoms with Gasteiger partial charge in [-0.2, -0.15) is 6.08 Å². The van der Waals surface area contributed by atoms with E-state index >= 15 is 0 Å². The van der Waals surface area contributed by atoms with Gasteiger partial charge in [-0.3, -0.25) is 12.2 Å². The monoisotopic (exact) mass is 374 g/mol. The van der Waals surface area contributed by atoms with Gasteiger partial charge in [0.05, 0.1) is 0 Å². The first-order valence-electron chi connectivity index (χ1n) is 2.63. The molecule has 0 spiro atoms. The molecular formula is C13H25Ir-7. The molecule has 93 valence electrons. The van der Waals surface area contributed by atoms with Gasteiger partial charge in [0.1, 0.15) is 0 Å². The molecule has 1 aliphatic rings. The summed E-state index contributed by atoms with van der Waals surface area (Å²) in [6, 6.07) is 0. The Morgan fingerprint density at radius 3 is 1.57 bits per heavy atom. The van der Waals surface area contributed by atoms with Gasteiger partial charge in [-0.15, -0.1) is 6.42 Å². The van der Waals surface area contributed by atoms with Gasteiger partial charge in [-0.05, 0) is 0 Å². The molecule has 0 nitrogen and oxygen atoms in total. The van der Waals surface area contributed by atoms with Crippen molar-refractivity contribution in [1.29, 1.82) is 0 Å². The zero-order valence-electron chi connectivity index (χ0n) is 10.4. The van der Waals surface area contributed by atoms with Crippen LogP contribution in [0.5, 0.6) is 0 Å². The fourth-order valence-electron chi connectivity index (χ4n) is 0.340. The molecule has 0 atom stereocenters. The predicted molar refractivity (Wildman–Crippen MR) is 68.2 cm³/mol. The maximum Gasteiger partial charge on any atom is 0 e. The zero-order chi connectivity index (χ0) is 6.24. The number of hydrogen-bond donors (Lipinski definition) is 0. The molecule has 0 saturated carbocycles. The van der Waals surface area contributed by atoms with Crippen LogP contribution in [0.4, 0.5) is 0 Å². The second kappa shape index (κ2) is 52.6. The van der Waals surface area contributed by atoms with Crippen molar-refractivity contribution in [1.82, 2.24) is 0 Å². The van der Waals surface area contributed by atoms with Gasteiger partial charge in [-0.25, -0.2) is 12.2 Å². The molecule has 0 heterocycles. The van der Waals surface area contributed by atoms with Crippen LogP contribution < -0.4 is 0 Å². The van der Waals surface area contributed by atoms with E-state index in [0.29, 0.717) is 0 Å². The van der Waals surface area contributed by atoms with E-state index in [0.717, 1.165) is 6.42 Å². The Bertz CT molecular complexity index is 91.8. The standard InChI is InChI=1S/C5H5.C3H5.5CH3.Ir/c1-2-4-5-3-1;1-3-2;;;;;;/h1-3H,4H2;1,3H,2H3;5*1H3;/q7*-1;. The first-order chi connectivity index (χ1) is 3.91. The van der Waals surface area contributed by atoms with Crippen molar-refractivity contribution in [3.8, 4) is 0 Å². The number of rotatable bonds is 0. The van der Waals surface area contributed by atoms with E-state index in [1.165, 1.54) is 6.08 Å². The second-order valence-electron chi connectivity index (χ2n) is 1.34. The molecule has 0 unspecified atom stereocenters. The van der Waals surface area contributed by atoms with Crippen LogP contribution >= 0.6 is 0 Å². The third-order valence-corrected chi connectivity index (χ3v) is 0.586. The van der Waals surface area contributed by atoms with Crippen LogP contribution in [-0.4, -0.2) is 0 Å². The van der Waals surface area contributed by atoms with Crippen molar-refractivity contribution < 1.29 is 20.1 Å². The zero-order valence-corrected chi connectivity index (χ0v) is 12.8. The quantitative estimate of drug-likeness (QED) is 0.547. The Balaban J connectivity index is -0.0000000103. The molecule has 1 heteroatoms. The van der Waals surface area contributed by atoms with Crippen molar-refractivity contribution in [2.75, 3.05) is 0 Å². The average molecular weight is 374 g/mol. The topological polar surface area (TPSA) is 0 Å². The summed E-state index contributed by atoms with van der Waals surface area (Å²) < 4.78 is 0. The van der Waals surface area contributed by atoms with Gasteiger partial charge in [0.25, 0.3) is 0 Å². The molecule has 0 aromatic heterocycles. The van der Waals surface area contributed by atoms with Gasteiger partial charge in [0.2, 0.25) is 0 Å². The molecule has 1 radical (unpaired) electrons. The summed E-state index contributed by atoms with van der Waals surface area (Å²) in [7, 11) is 0. The Labute approximate surface area is 108 Å². The molecule has 0 aliphatic heterocycles.